The molecule has 0 atom stereocenters. The van der Waals surface area contributed by atoms with Gasteiger partial charge in [0.05, 0.1) is 0 Å². The first-order valence-corrected chi connectivity index (χ1v) is 6.47. The van der Waals surface area contributed by atoms with Gasteiger partial charge in [0.2, 0.25) is 0 Å². The van der Waals surface area contributed by atoms with E-state index in [1.54, 1.807) is 0 Å². The molecule has 0 saturated heterocycles. The second kappa shape index (κ2) is 13.0. The highest BCUT2D eigenvalue weighted by molar-refractivity contribution is 6.28. The van der Waals surface area contributed by atoms with Crippen molar-refractivity contribution >= 4 is 12.1 Å². The number of hydroxylamine groups is 1. The van der Waals surface area contributed by atoms with E-state index in [1.165, 1.54) is 38.5 Å². The molecule has 5 nitrogen and oxygen atoms in total. The predicted molar refractivity (Wildman–Crippen MR) is 70.1 cm³/mol. The van der Waals surface area contributed by atoms with Crippen LogP contribution in [-0.2, 0) is 0 Å². The average Bonchev–Trinajstić information content (AvgIpc) is 2.35. The van der Waals surface area contributed by atoms with Crippen LogP contribution in [0.15, 0.2) is 10.1 Å². The Morgan fingerprint density at radius 1 is 1.06 bits per heavy atom. The van der Waals surface area contributed by atoms with E-state index in [2.05, 4.69) is 17.1 Å². The SMILES string of the molecule is CCCCCCCCCCN=C(/C=N/O)NO. The van der Waals surface area contributed by atoms with Crippen LogP contribution in [0.3, 0.4) is 0 Å². The van der Waals surface area contributed by atoms with E-state index < -0.39 is 0 Å². The van der Waals surface area contributed by atoms with Crippen LogP contribution in [0.5, 0.6) is 0 Å². The third-order valence-electron chi connectivity index (χ3n) is 2.59. The number of hydrogen-bond acceptors (Lipinski definition) is 4. The summed E-state index contributed by atoms with van der Waals surface area (Å²) in [5, 5.41) is 19.6. The maximum absolute atomic E-state index is 8.60. The molecule has 0 saturated carbocycles. The number of rotatable bonds is 10. The Morgan fingerprint density at radius 2 is 1.65 bits per heavy atom. The Hall–Kier alpha value is -1.10. The lowest BCUT2D eigenvalue weighted by molar-refractivity contribution is 0.236. The third kappa shape index (κ3) is 11.2. The first-order valence-electron chi connectivity index (χ1n) is 6.47. The summed E-state index contributed by atoms with van der Waals surface area (Å²) >= 11 is 0. The van der Waals surface area contributed by atoms with Gasteiger partial charge in [0.15, 0.2) is 5.84 Å². The molecule has 0 rings (SSSR count). The monoisotopic (exact) mass is 243 g/mol. The van der Waals surface area contributed by atoms with Gasteiger partial charge in [-0.1, -0.05) is 57.0 Å². The van der Waals surface area contributed by atoms with Gasteiger partial charge in [-0.05, 0) is 6.42 Å². The molecule has 0 bridgehead atoms. The van der Waals surface area contributed by atoms with E-state index in [0.29, 0.717) is 6.54 Å². The van der Waals surface area contributed by atoms with Crippen molar-refractivity contribution in [1.82, 2.24) is 5.48 Å². The van der Waals surface area contributed by atoms with Crippen molar-refractivity contribution in [2.75, 3.05) is 6.54 Å². The molecule has 5 heteroatoms. The number of aliphatic imine (C=N–C) groups is 1. The van der Waals surface area contributed by atoms with Gasteiger partial charge in [-0.2, -0.15) is 0 Å². The Morgan fingerprint density at radius 3 is 2.18 bits per heavy atom. The molecule has 0 aliphatic carbocycles. The van der Waals surface area contributed by atoms with Crippen molar-refractivity contribution < 1.29 is 10.4 Å². The molecule has 0 unspecified atom stereocenters. The summed E-state index contributed by atoms with van der Waals surface area (Å²) in [7, 11) is 0. The van der Waals surface area contributed by atoms with E-state index in [4.69, 9.17) is 10.4 Å². The number of nitrogens with one attached hydrogen (secondary N) is 1. The summed E-state index contributed by atoms with van der Waals surface area (Å²) in [5.41, 5.74) is 1.87. The first kappa shape index (κ1) is 15.9. The summed E-state index contributed by atoms with van der Waals surface area (Å²) in [6.45, 7) is 2.87. The van der Waals surface area contributed by atoms with Crippen molar-refractivity contribution in [3.63, 3.8) is 0 Å². The minimum absolute atomic E-state index is 0.190. The Balaban J connectivity index is 3.33. The van der Waals surface area contributed by atoms with Gasteiger partial charge >= 0.3 is 0 Å². The fourth-order valence-corrected chi connectivity index (χ4v) is 1.60. The highest BCUT2D eigenvalue weighted by Gasteiger charge is 1.93. The van der Waals surface area contributed by atoms with Crippen LogP contribution in [0.2, 0.25) is 0 Å². The number of hydrogen-bond donors (Lipinski definition) is 3. The number of unbranched alkanes of at least 4 members (excludes halogenated alkanes) is 7. The van der Waals surface area contributed by atoms with Crippen molar-refractivity contribution in [1.29, 1.82) is 0 Å². The van der Waals surface area contributed by atoms with Gasteiger partial charge in [0, 0.05) is 6.54 Å². The van der Waals surface area contributed by atoms with Crippen molar-refractivity contribution in [2.45, 2.75) is 58.3 Å². The van der Waals surface area contributed by atoms with Gasteiger partial charge in [-0.25, -0.2) is 0 Å². The van der Waals surface area contributed by atoms with E-state index >= 15 is 0 Å². The fourth-order valence-electron chi connectivity index (χ4n) is 1.60. The number of oxime groups is 1. The van der Waals surface area contributed by atoms with Gasteiger partial charge < -0.3 is 5.21 Å². The zero-order valence-corrected chi connectivity index (χ0v) is 10.7. The number of nitrogens with zero attached hydrogens (tertiary/aromatic N) is 2. The maximum atomic E-state index is 8.60. The standard InChI is InChI=1S/C12H25N3O2/c1-2-3-4-5-6-7-8-9-10-13-12(15-17)11-14-16/h11,16-17H,2-10H2,1H3,(H,13,15)/b14-11+. The zero-order valence-electron chi connectivity index (χ0n) is 10.7. The molecule has 0 amide bonds. The molecule has 17 heavy (non-hydrogen) atoms. The van der Waals surface area contributed by atoms with Crippen LogP contribution in [0.4, 0.5) is 0 Å². The minimum atomic E-state index is 0.190. The second-order valence-corrected chi connectivity index (χ2v) is 4.10. The molecule has 0 aromatic heterocycles. The van der Waals surface area contributed by atoms with E-state index in [-0.39, 0.29) is 5.84 Å². The smallest absolute Gasteiger partial charge is 0.166 e. The maximum Gasteiger partial charge on any atom is 0.166 e. The quantitative estimate of drug-likeness (QED) is 0.181. The molecular weight excluding hydrogens is 218 g/mol. The molecule has 100 valence electrons. The third-order valence-corrected chi connectivity index (χ3v) is 2.59. The van der Waals surface area contributed by atoms with Gasteiger partial charge in [-0.3, -0.25) is 15.7 Å². The van der Waals surface area contributed by atoms with Crippen molar-refractivity contribution in [3.05, 3.63) is 0 Å². The predicted octanol–water partition coefficient (Wildman–Crippen LogP) is 2.96. The van der Waals surface area contributed by atoms with Crippen LogP contribution >= 0.6 is 0 Å². The minimum Gasteiger partial charge on any atom is -0.411 e. The van der Waals surface area contributed by atoms with E-state index in [9.17, 15) is 0 Å². The first-order chi connectivity index (χ1) is 8.35. The second-order valence-electron chi connectivity index (χ2n) is 4.10. The van der Waals surface area contributed by atoms with Gasteiger partial charge in [0.1, 0.15) is 6.21 Å². The molecule has 0 fully saturated rings. The molecule has 0 radical (unpaired) electrons. The Kier molecular flexibility index (Phi) is 12.1. The summed E-state index contributed by atoms with van der Waals surface area (Å²) in [6, 6.07) is 0. The van der Waals surface area contributed by atoms with E-state index in [1.807, 2.05) is 5.48 Å². The summed E-state index contributed by atoms with van der Waals surface area (Å²) in [6.07, 6.45) is 11.1. The molecule has 0 aliphatic rings. The Bertz CT molecular complexity index is 218. The molecule has 3 N–H and O–H groups in total. The molecule has 0 aromatic carbocycles. The number of amidine groups is 1. The van der Waals surface area contributed by atoms with Crippen LogP contribution < -0.4 is 5.48 Å². The molecule has 0 aliphatic heterocycles. The largest absolute Gasteiger partial charge is 0.411 e. The topological polar surface area (TPSA) is 77.2 Å². The summed E-state index contributed by atoms with van der Waals surface area (Å²) in [4.78, 5) is 4.03. The molecule has 0 aromatic rings. The van der Waals surface area contributed by atoms with Crippen LogP contribution in [0.1, 0.15) is 58.3 Å². The van der Waals surface area contributed by atoms with Gasteiger partial charge in [-0.15, -0.1) is 0 Å². The fraction of sp³-hybridized carbons (Fsp3) is 0.833. The highest BCUT2D eigenvalue weighted by atomic mass is 16.5. The van der Waals surface area contributed by atoms with Crippen molar-refractivity contribution in [2.24, 2.45) is 10.1 Å². The zero-order chi connectivity index (χ0) is 12.8. The normalized spacial score (nSPS) is 12.2. The molecular formula is C12H25N3O2. The van der Waals surface area contributed by atoms with E-state index in [0.717, 1.165) is 19.1 Å². The highest BCUT2D eigenvalue weighted by Crippen LogP contribution is 2.08. The lowest BCUT2D eigenvalue weighted by atomic mass is 10.1. The summed E-state index contributed by atoms with van der Waals surface area (Å²) < 4.78 is 0. The van der Waals surface area contributed by atoms with Crippen LogP contribution in [0.25, 0.3) is 0 Å². The average molecular weight is 243 g/mol. The lowest BCUT2D eigenvalue weighted by Gasteiger charge is -2.00. The van der Waals surface area contributed by atoms with Crippen LogP contribution in [-0.4, -0.2) is 29.0 Å². The molecule has 0 spiro atoms. The van der Waals surface area contributed by atoms with Crippen molar-refractivity contribution in [3.8, 4) is 0 Å². The Labute approximate surface area is 104 Å². The molecule has 0 heterocycles. The van der Waals surface area contributed by atoms with Gasteiger partial charge in [0.25, 0.3) is 0 Å². The summed E-state index contributed by atoms with van der Waals surface area (Å²) in [5.74, 6) is 0.190. The van der Waals surface area contributed by atoms with Crippen LogP contribution in [0, 0.1) is 0 Å². The lowest BCUT2D eigenvalue weighted by Crippen LogP contribution is -2.20.